The molecule has 5 rings (SSSR count). The van der Waals surface area contributed by atoms with Gasteiger partial charge in [-0.2, -0.15) is 13.2 Å². The minimum Gasteiger partial charge on any atom is -0.449 e. The minimum atomic E-state index is -5.04. The zero-order chi connectivity index (χ0) is 30.2. The van der Waals surface area contributed by atoms with Crippen LogP contribution in [0.15, 0.2) is 63.8 Å². The molecule has 10 heteroatoms. The molecule has 0 amide bonds. The summed E-state index contributed by atoms with van der Waals surface area (Å²) in [5.74, 6) is -2.59. The average Bonchev–Trinajstić information content (AvgIpc) is 2.94. The predicted octanol–water partition coefficient (Wildman–Crippen LogP) is 6.91. The lowest BCUT2D eigenvalue weighted by atomic mass is 9.98. The topological polar surface area (TPSA) is 70.2 Å². The van der Waals surface area contributed by atoms with Crippen LogP contribution in [0.3, 0.4) is 0 Å². The summed E-state index contributed by atoms with van der Waals surface area (Å²) >= 11 is 5.93. The quantitative estimate of drug-likeness (QED) is 0.192. The molecule has 1 aliphatic heterocycles. The van der Waals surface area contributed by atoms with Crippen LogP contribution in [0.25, 0.3) is 11.0 Å². The first-order valence-corrected chi connectivity index (χ1v) is 14.0. The number of carbonyl (C=O) groups is 1. The van der Waals surface area contributed by atoms with E-state index >= 15 is 0 Å². The SMILES string of the molecule is Cc1ccc(Oc2c(C(F)(F)F)oc3c(C[NH+]4CCC(C)CC4)c(OC(=O)c4ccc(Cl)cc4)ccc3c2=O)cc1C. The summed E-state index contributed by atoms with van der Waals surface area (Å²) in [6.07, 6.45) is -3.17. The molecule has 0 bridgehead atoms. The van der Waals surface area contributed by atoms with Crippen LogP contribution in [-0.2, 0) is 12.7 Å². The third-order valence-electron chi connectivity index (χ3n) is 7.73. The number of alkyl halides is 3. The predicted molar refractivity (Wildman–Crippen MR) is 153 cm³/mol. The summed E-state index contributed by atoms with van der Waals surface area (Å²) in [7, 11) is 0. The Hall–Kier alpha value is -3.82. The van der Waals surface area contributed by atoms with Gasteiger partial charge in [-0.3, -0.25) is 4.79 Å². The van der Waals surface area contributed by atoms with Gasteiger partial charge >= 0.3 is 12.1 Å². The molecule has 1 aromatic heterocycles. The van der Waals surface area contributed by atoms with E-state index < -0.39 is 29.1 Å². The summed E-state index contributed by atoms with van der Waals surface area (Å²) in [4.78, 5) is 27.7. The second kappa shape index (κ2) is 11.8. The van der Waals surface area contributed by atoms with Crippen LogP contribution in [-0.4, -0.2) is 19.1 Å². The zero-order valence-electron chi connectivity index (χ0n) is 23.4. The third kappa shape index (κ3) is 6.32. The second-order valence-corrected chi connectivity index (χ2v) is 11.3. The van der Waals surface area contributed by atoms with Gasteiger partial charge in [-0.1, -0.05) is 24.6 Å². The number of esters is 1. The lowest BCUT2D eigenvalue weighted by Gasteiger charge is -2.28. The number of hydrogen-bond acceptors (Lipinski definition) is 5. The molecule has 42 heavy (non-hydrogen) atoms. The van der Waals surface area contributed by atoms with Crippen LogP contribution in [0, 0.1) is 19.8 Å². The number of ether oxygens (including phenoxy) is 2. The average molecular weight is 601 g/mol. The number of benzene rings is 3. The molecule has 0 atom stereocenters. The molecule has 220 valence electrons. The molecule has 3 aromatic carbocycles. The summed E-state index contributed by atoms with van der Waals surface area (Å²) < 4.78 is 59.9. The Morgan fingerprint density at radius 1 is 1.02 bits per heavy atom. The van der Waals surface area contributed by atoms with Crippen molar-refractivity contribution in [3.05, 3.63) is 97.9 Å². The normalized spacial score (nSPS) is 17.3. The number of fused-ring (bicyclic) bond motifs is 1. The number of aryl methyl sites for hydroxylation is 2. The third-order valence-corrected chi connectivity index (χ3v) is 7.98. The molecular formula is C32H30ClF3NO5+. The highest BCUT2D eigenvalue weighted by atomic mass is 35.5. The van der Waals surface area contributed by atoms with Gasteiger partial charge < -0.3 is 18.8 Å². The number of rotatable bonds is 6. The zero-order valence-corrected chi connectivity index (χ0v) is 24.1. The molecule has 1 fully saturated rings. The van der Waals surface area contributed by atoms with Gasteiger partial charge in [-0.25, -0.2) is 4.79 Å². The number of halogens is 4. The molecule has 6 nitrogen and oxygen atoms in total. The van der Waals surface area contributed by atoms with Gasteiger partial charge in [0.2, 0.25) is 11.2 Å². The van der Waals surface area contributed by atoms with Crippen molar-refractivity contribution >= 4 is 28.5 Å². The van der Waals surface area contributed by atoms with Crippen LogP contribution in [0.4, 0.5) is 13.2 Å². The van der Waals surface area contributed by atoms with E-state index in [-0.39, 0.29) is 40.1 Å². The number of carbonyl (C=O) groups excluding carboxylic acids is 1. The molecule has 2 heterocycles. The van der Waals surface area contributed by atoms with Crippen molar-refractivity contribution in [2.75, 3.05) is 13.1 Å². The lowest BCUT2D eigenvalue weighted by molar-refractivity contribution is -0.919. The molecular weight excluding hydrogens is 571 g/mol. The maximum Gasteiger partial charge on any atom is 0.453 e. The number of hydrogen-bond donors (Lipinski definition) is 1. The first kappa shape index (κ1) is 29.7. The number of quaternary nitrogens is 1. The van der Waals surface area contributed by atoms with Crippen LogP contribution >= 0.6 is 11.6 Å². The Morgan fingerprint density at radius 3 is 2.36 bits per heavy atom. The molecule has 0 spiro atoms. The van der Waals surface area contributed by atoms with Gasteiger partial charge in [-0.15, -0.1) is 0 Å². The highest BCUT2D eigenvalue weighted by Gasteiger charge is 2.41. The van der Waals surface area contributed by atoms with Gasteiger partial charge in [0.25, 0.3) is 5.76 Å². The number of nitrogens with one attached hydrogen (secondary N) is 1. The molecule has 0 saturated carbocycles. The lowest BCUT2D eigenvalue weighted by Crippen LogP contribution is -3.11. The fraction of sp³-hybridized carbons (Fsp3) is 0.312. The Labute approximate surface area is 245 Å². The Bertz CT molecular complexity index is 1690. The van der Waals surface area contributed by atoms with Crippen LogP contribution in [0.1, 0.15) is 52.6 Å². The Kier molecular flexibility index (Phi) is 8.35. The summed E-state index contributed by atoms with van der Waals surface area (Å²) in [6.45, 7) is 7.54. The fourth-order valence-electron chi connectivity index (χ4n) is 5.06. The second-order valence-electron chi connectivity index (χ2n) is 10.9. The molecule has 0 aliphatic carbocycles. The van der Waals surface area contributed by atoms with Gasteiger partial charge in [0, 0.05) is 5.02 Å². The van der Waals surface area contributed by atoms with Crippen molar-refractivity contribution in [1.29, 1.82) is 0 Å². The Morgan fingerprint density at radius 2 is 1.71 bits per heavy atom. The van der Waals surface area contributed by atoms with Crippen LogP contribution in [0.2, 0.25) is 5.02 Å². The summed E-state index contributed by atoms with van der Waals surface area (Å²) in [5.41, 5.74) is 0.871. The van der Waals surface area contributed by atoms with Crippen molar-refractivity contribution in [1.82, 2.24) is 0 Å². The maximum atomic E-state index is 14.4. The van der Waals surface area contributed by atoms with E-state index in [1.807, 2.05) is 6.92 Å². The summed E-state index contributed by atoms with van der Waals surface area (Å²) in [5, 5.41) is 0.328. The molecule has 4 aromatic rings. The highest BCUT2D eigenvalue weighted by molar-refractivity contribution is 6.30. The minimum absolute atomic E-state index is 0.0210. The molecule has 0 unspecified atom stereocenters. The van der Waals surface area contributed by atoms with E-state index in [1.54, 1.807) is 19.1 Å². The monoisotopic (exact) mass is 600 g/mol. The fourth-order valence-corrected chi connectivity index (χ4v) is 5.18. The van der Waals surface area contributed by atoms with Crippen LogP contribution in [0.5, 0.6) is 17.2 Å². The van der Waals surface area contributed by atoms with E-state index in [9.17, 15) is 22.8 Å². The van der Waals surface area contributed by atoms with E-state index in [1.165, 1.54) is 42.5 Å². The standard InChI is InChI=1S/C32H29ClF3NO5/c1-18-12-14-37(15-13-18)17-25-26(41-31(39)21-5-7-22(33)8-6-21)11-10-24-27(38)29(30(32(34,35)36)42-28(24)25)40-23-9-4-19(2)20(3)16-23/h4-11,16,18H,12-15,17H2,1-3H3/p+1. The van der Waals surface area contributed by atoms with Gasteiger partial charge in [-0.05, 0) is 92.3 Å². The van der Waals surface area contributed by atoms with Crippen molar-refractivity contribution in [3.63, 3.8) is 0 Å². The molecule has 1 aliphatic rings. The van der Waals surface area contributed by atoms with Crippen LogP contribution < -0.4 is 19.8 Å². The van der Waals surface area contributed by atoms with E-state index in [2.05, 4.69) is 6.92 Å². The van der Waals surface area contributed by atoms with E-state index in [0.29, 0.717) is 10.9 Å². The summed E-state index contributed by atoms with van der Waals surface area (Å²) in [6, 6.07) is 13.5. The van der Waals surface area contributed by atoms with Crippen molar-refractivity contribution < 1.29 is 36.8 Å². The first-order valence-electron chi connectivity index (χ1n) is 13.7. The van der Waals surface area contributed by atoms with Gasteiger partial charge in [0.15, 0.2) is 5.58 Å². The molecule has 0 radical (unpaired) electrons. The van der Waals surface area contributed by atoms with E-state index in [0.717, 1.165) is 42.0 Å². The Balaban J connectivity index is 1.65. The molecule has 1 saturated heterocycles. The highest BCUT2D eigenvalue weighted by Crippen LogP contribution is 2.40. The number of likely N-dealkylation sites (tertiary alicyclic amines) is 1. The van der Waals surface area contributed by atoms with Gasteiger partial charge in [0.1, 0.15) is 18.0 Å². The largest absolute Gasteiger partial charge is 0.453 e. The first-order chi connectivity index (χ1) is 19.9. The van der Waals surface area contributed by atoms with Crippen molar-refractivity contribution in [2.45, 2.75) is 46.3 Å². The number of piperidine rings is 1. The van der Waals surface area contributed by atoms with E-state index in [4.69, 9.17) is 25.5 Å². The van der Waals surface area contributed by atoms with Crippen molar-refractivity contribution in [2.24, 2.45) is 5.92 Å². The van der Waals surface area contributed by atoms with Gasteiger partial charge in [0.05, 0.1) is 29.6 Å². The van der Waals surface area contributed by atoms with Crippen molar-refractivity contribution in [3.8, 4) is 17.2 Å². The maximum absolute atomic E-state index is 14.4. The molecule has 1 N–H and O–H groups in total. The smallest absolute Gasteiger partial charge is 0.449 e.